The van der Waals surface area contributed by atoms with Crippen LogP contribution in [0.2, 0.25) is 0 Å². The maximum atomic E-state index is 13.3. The maximum absolute atomic E-state index is 13.3. The lowest BCUT2D eigenvalue weighted by Gasteiger charge is -2.19. The Morgan fingerprint density at radius 1 is 0.968 bits per heavy atom. The molecule has 4 rings (SSSR count). The van der Waals surface area contributed by atoms with E-state index in [4.69, 9.17) is 9.15 Å². The Hall–Kier alpha value is -3.86. The molecule has 31 heavy (non-hydrogen) atoms. The van der Waals surface area contributed by atoms with Crippen molar-refractivity contribution in [3.63, 3.8) is 0 Å². The van der Waals surface area contributed by atoms with Crippen LogP contribution in [0.4, 0.5) is 5.69 Å². The molecule has 156 valence electrons. The van der Waals surface area contributed by atoms with Crippen molar-refractivity contribution in [2.75, 3.05) is 5.32 Å². The van der Waals surface area contributed by atoms with Gasteiger partial charge >= 0.3 is 0 Å². The Labute approximate surface area is 180 Å². The summed E-state index contributed by atoms with van der Waals surface area (Å²) in [4.78, 5) is 26.2. The lowest BCUT2D eigenvalue weighted by molar-refractivity contribution is -0.122. The highest BCUT2D eigenvalue weighted by molar-refractivity contribution is 5.95. The van der Waals surface area contributed by atoms with Crippen LogP contribution in [0.25, 0.3) is 22.3 Å². The zero-order valence-electron chi connectivity index (χ0n) is 17.4. The van der Waals surface area contributed by atoms with Gasteiger partial charge in [-0.3, -0.25) is 9.59 Å². The van der Waals surface area contributed by atoms with Gasteiger partial charge in [-0.25, -0.2) is 0 Å². The number of anilines is 1. The molecule has 1 amide bonds. The molecule has 1 N–H and O–H groups in total. The van der Waals surface area contributed by atoms with E-state index in [9.17, 15) is 9.59 Å². The summed E-state index contributed by atoms with van der Waals surface area (Å²) in [5.41, 5.74) is 2.53. The zero-order chi connectivity index (χ0) is 21.8. The lowest BCUT2D eigenvalue weighted by atomic mass is 10.1. The molecule has 0 spiro atoms. The molecule has 3 aromatic carbocycles. The number of amides is 1. The second-order valence-electron chi connectivity index (χ2n) is 7.27. The first-order valence-electron chi connectivity index (χ1n) is 10.2. The Morgan fingerprint density at radius 3 is 2.39 bits per heavy atom. The van der Waals surface area contributed by atoms with Gasteiger partial charge in [-0.1, -0.05) is 67.6 Å². The number of hydrogen-bond acceptors (Lipinski definition) is 4. The number of para-hydroxylation sites is 2. The van der Waals surface area contributed by atoms with Crippen LogP contribution in [0.3, 0.4) is 0 Å². The summed E-state index contributed by atoms with van der Waals surface area (Å²) >= 11 is 0. The summed E-state index contributed by atoms with van der Waals surface area (Å²) in [6, 6.07) is 23.8. The molecular weight excluding hydrogens is 390 g/mol. The van der Waals surface area contributed by atoms with Gasteiger partial charge < -0.3 is 14.5 Å². The zero-order valence-corrected chi connectivity index (χ0v) is 17.4. The number of benzene rings is 3. The molecule has 1 unspecified atom stereocenters. The second kappa shape index (κ2) is 8.88. The van der Waals surface area contributed by atoms with Crippen LogP contribution in [0.1, 0.15) is 18.9 Å². The summed E-state index contributed by atoms with van der Waals surface area (Å²) < 4.78 is 12.1. The number of nitrogens with one attached hydrogen (secondary N) is 1. The largest absolute Gasteiger partial charge is 0.473 e. The van der Waals surface area contributed by atoms with Crippen molar-refractivity contribution in [3.05, 3.63) is 94.6 Å². The molecule has 0 aliphatic carbocycles. The van der Waals surface area contributed by atoms with Crippen molar-refractivity contribution < 1.29 is 13.9 Å². The van der Waals surface area contributed by atoms with E-state index in [1.807, 2.05) is 74.5 Å². The van der Waals surface area contributed by atoms with Gasteiger partial charge in [0.15, 0.2) is 11.9 Å². The van der Waals surface area contributed by atoms with Crippen molar-refractivity contribution in [2.45, 2.75) is 26.4 Å². The molecule has 0 aliphatic rings. The van der Waals surface area contributed by atoms with Crippen molar-refractivity contribution in [1.29, 1.82) is 0 Å². The predicted octanol–water partition coefficient (Wildman–Crippen LogP) is 5.56. The van der Waals surface area contributed by atoms with E-state index < -0.39 is 6.10 Å². The molecule has 5 nitrogen and oxygen atoms in total. The van der Waals surface area contributed by atoms with Crippen LogP contribution in [0.5, 0.6) is 5.75 Å². The van der Waals surface area contributed by atoms with Gasteiger partial charge in [-0.2, -0.15) is 0 Å². The number of rotatable bonds is 6. The third-order valence-corrected chi connectivity index (χ3v) is 5.12. The van der Waals surface area contributed by atoms with Gasteiger partial charge in [0.1, 0.15) is 5.58 Å². The molecule has 1 atom stereocenters. The van der Waals surface area contributed by atoms with E-state index in [1.165, 1.54) is 0 Å². The van der Waals surface area contributed by atoms with Crippen molar-refractivity contribution in [2.24, 2.45) is 0 Å². The molecular formula is C26H23NO4. The van der Waals surface area contributed by atoms with Gasteiger partial charge in [0, 0.05) is 11.3 Å². The standard InChI is InChI=1S/C26H23NO4/c1-3-21(26(29)27-20-15-9-7-11-17(20)2)30-25-23(28)19-14-8-10-16-22(19)31-24(25)18-12-5-4-6-13-18/h4-16,21H,3H2,1-2H3,(H,27,29). The van der Waals surface area contributed by atoms with Gasteiger partial charge in [-0.15, -0.1) is 0 Å². The molecule has 0 saturated carbocycles. The normalized spacial score (nSPS) is 11.8. The number of hydrogen-bond donors (Lipinski definition) is 1. The van der Waals surface area contributed by atoms with Crippen molar-refractivity contribution >= 4 is 22.6 Å². The topological polar surface area (TPSA) is 68.5 Å². The maximum Gasteiger partial charge on any atom is 0.265 e. The third kappa shape index (κ3) is 4.21. The minimum absolute atomic E-state index is 0.0386. The highest BCUT2D eigenvalue weighted by atomic mass is 16.5. The highest BCUT2D eigenvalue weighted by Gasteiger charge is 2.25. The van der Waals surface area contributed by atoms with Gasteiger partial charge in [0.2, 0.25) is 11.2 Å². The predicted molar refractivity (Wildman–Crippen MR) is 122 cm³/mol. The Balaban J connectivity index is 1.75. The van der Waals surface area contributed by atoms with E-state index in [-0.39, 0.29) is 17.1 Å². The SMILES string of the molecule is CCC(Oc1c(-c2ccccc2)oc2ccccc2c1=O)C(=O)Nc1ccccc1C. The molecule has 1 heterocycles. The van der Waals surface area contributed by atoms with Gasteiger partial charge in [0.05, 0.1) is 5.39 Å². The van der Waals surface area contributed by atoms with Crippen LogP contribution < -0.4 is 15.5 Å². The molecule has 5 heteroatoms. The van der Waals surface area contributed by atoms with Gasteiger partial charge in [0.25, 0.3) is 5.91 Å². The number of fused-ring (bicyclic) bond motifs is 1. The molecule has 0 fully saturated rings. The molecule has 4 aromatic rings. The van der Waals surface area contributed by atoms with Gasteiger partial charge in [-0.05, 0) is 37.1 Å². The van der Waals surface area contributed by atoms with E-state index >= 15 is 0 Å². The molecule has 0 aliphatic heterocycles. The summed E-state index contributed by atoms with van der Waals surface area (Å²) in [7, 11) is 0. The smallest absolute Gasteiger partial charge is 0.265 e. The van der Waals surface area contributed by atoms with Crippen molar-refractivity contribution in [3.8, 4) is 17.1 Å². The summed E-state index contributed by atoms with van der Waals surface area (Å²) in [5.74, 6) is 0.0338. The first kappa shape index (κ1) is 20.4. The minimum Gasteiger partial charge on any atom is -0.473 e. The van der Waals surface area contributed by atoms with Crippen LogP contribution in [0.15, 0.2) is 88.1 Å². The molecule has 0 radical (unpaired) electrons. The number of ether oxygens (including phenoxy) is 1. The minimum atomic E-state index is -0.855. The van der Waals surface area contributed by atoms with E-state index in [0.29, 0.717) is 34.4 Å². The van der Waals surface area contributed by atoms with Crippen LogP contribution in [0, 0.1) is 6.92 Å². The Morgan fingerprint density at radius 2 is 1.65 bits per heavy atom. The summed E-state index contributed by atoms with van der Waals surface area (Å²) in [6.45, 7) is 3.76. The van der Waals surface area contributed by atoms with Crippen LogP contribution in [-0.2, 0) is 4.79 Å². The third-order valence-electron chi connectivity index (χ3n) is 5.12. The fraction of sp³-hybridized carbons (Fsp3) is 0.154. The highest BCUT2D eigenvalue weighted by Crippen LogP contribution is 2.31. The van der Waals surface area contributed by atoms with E-state index in [0.717, 1.165) is 5.56 Å². The Bertz CT molecular complexity index is 1280. The number of carbonyl (C=O) groups is 1. The van der Waals surface area contributed by atoms with E-state index in [2.05, 4.69) is 5.32 Å². The first-order valence-corrected chi connectivity index (χ1v) is 10.2. The molecule has 0 bridgehead atoms. The number of aryl methyl sites for hydroxylation is 1. The first-order chi connectivity index (χ1) is 15.1. The monoisotopic (exact) mass is 413 g/mol. The van der Waals surface area contributed by atoms with E-state index in [1.54, 1.807) is 18.2 Å². The molecule has 1 aromatic heterocycles. The average molecular weight is 413 g/mol. The summed E-state index contributed by atoms with van der Waals surface area (Å²) in [5, 5.41) is 3.31. The fourth-order valence-electron chi connectivity index (χ4n) is 3.40. The second-order valence-corrected chi connectivity index (χ2v) is 7.27. The fourth-order valence-corrected chi connectivity index (χ4v) is 3.40. The van der Waals surface area contributed by atoms with Crippen molar-refractivity contribution in [1.82, 2.24) is 0 Å². The van der Waals surface area contributed by atoms with Crippen LogP contribution in [-0.4, -0.2) is 12.0 Å². The quantitative estimate of drug-likeness (QED) is 0.449. The molecule has 0 saturated heterocycles. The average Bonchev–Trinajstić information content (AvgIpc) is 2.80. The lowest BCUT2D eigenvalue weighted by Crippen LogP contribution is -2.34. The number of carbonyl (C=O) groups excluding carboxylic acids is 1. The van der Waals surface area contributed by atoms with Crippen LogP contribution >= 0.6 is 0 Å². The summed E-state index contributed by atoms with van der Waals surface area (Å²) in [6.07, 6.45) is -0.468. The Kier molecular flexibility index (Phi) is 5.85.